The predicted octanol–water partition coefficient (Wildman–Crippen LogP) is 3.94. The molecule has 30 heavy (non-hydrogen) atoms. The van der Waals surface area contributed by atoms with Crippen molar-refractivity contribution in [3.8, 4) is 0 Å². The number of para-hydroxylation sites is 1. The molecule has 1 unspecified atom stereocenters. The van der Waals surface area contributed by atoms with E-state index < -0.39 is 17.2 Å². The van der Waals surface area contributed by atoms with Crippen molar-refractivity contribution in [3.63, 3.8) is 0 Å². The van der Waals surface area contributed by atoms with Crippen LogP contribution in [0.15, 0.2) is 34.2 Å². The second kappa shape index (κ2) is 11.7. The van der Waals surface area contributed by atoms with Crippen LogP contribution in [0.3, 0.4) is 0 Å². The molecule has 0 radical (unpaired) electrons. The zero-order valence-corrected chi connectivity index (χ0v) is 19.1. The quantitative estimate of drug-likeness (QED) is 0.337. The number of unbranched alkanes of at least 4 members (excludes halogenated alkanes) is 3. The molecule has 0 saturated carbocycles. The van der Waals surface area contributed by atoms with Crippen LogP contribution in [-0.4, -0.2) is 33.3 Å². The number of hydrogen-bond acceptors (Lipinski definition) is 5. The zero-order valence-electron chi connectivity index (χ0n) is 18.2. The second-order valence-corrected chi connectivity index (χ2v) is 9.09. The Kier molecular flexibility index (Phi) is 9.36. The van der Waals surface area contributed by atoms with Gasteiger partial charge in [0.15, 0.2) is 5.16 Å². The smallest absolute Gasteiger partial charge is 0.321 e. The average molecular weight is 433 g/mol. The Labute approximate surface area is 182 Å². The summed E-state index contributed by atoms with van der Waals surface area (Å²) in [4.78, 5) is 42.0. The van der Waals surface area contributed by atoms with Crippen molar-refractivity contribution >= 4 is 34.6 Å². The van der Waals surface area contributed by atoms with Crippen LogP contribution in [0.1, 0.15) is 53.4 Å². The number of thioether (sulfide) groups is 1. The molecule has 2 aromatic rings. The van der Waals surface area contributed by atoms with Crippen molar-refractivity contribution in [1.82, 2.24) is 20.2 Å². The molecule has 2 N–H and O–H groups in total. The molecule has 1 heterocycles. The maximum Gasteiger partial charge on any atom is 0.321 e. The number of benzene rings is 1. The highest BCUT2D eigenvalue weighted by Crippen LogP contribution is 2.23. The summed E-state index contributed by atoms with van der Waals surface area (Å²) in [5, 5.41) is 5.52. The summed E-state index contributed by atoms with van der Waals surface area (Å²) < 4.78 is 1.66. The lowest BCUT2D eigenvalue weighted by molar-refractivity contribution is -0.119. The zero-order chi connectivity index (χ0) is 22.1. The van der Waals surface area contributed by atoms with E-state index in [1.165, 1.54) is 11.8 Å². The summed E-state index contributed by atoms with van der Waals surface area (Å²) >= 11 is 1.20. The fourth-order valence-corrected chi connectivity index (χ4v) is 3.83. The van der Waals surface area contributed by atoms with Crippen LogP contribution in [0, 0.1) is 5.92 Å². The van der Waals surface area contributed by atoms with E-state index in [9.17, 15) is 14.4 Å². The van der Waals surface area contributed by atoms with Gasteiger partial charge in [-0.15, -0.1) is 0 Å². The van der Waals surface area contributed by atoms with Gasteiger partial charge in [0.25, 0.3) is 5.56 Å². The highest BCUT2D eigenvalue weighted by Gasteiger charge is 2.21. The standard InChI is InChI=1S/C22H32N4O3S/c1-5-6-7-10-13-26-20(28)17-11-8-9-12-18(17)24-22(26)30-16(4)19(27)25-21(29)23-14-15(2)3/h8-9,11-12,15-16H,5-7,10,13-14H2,1-4H3,(H2,23,25,27,29). The number of carbonyl (C=O) groups excluding carboxylic acids is 2. The van der Waals surface area contributed by atoms with Crippen LogP contribution < -0.4 is 16.2 Å². The monoisotopic (exact) mass is 432 g/mol. The van der Waals surface area contributed by atoms with E-state index in [2.05, 4.69) is 22.5 Å². The lowest BCUT2D eigenvalue weighted by Gasteiger charge is -2.16. The molecule has 0 spiro atoms. The minimum atomic E-state index is -0.579. The van der Waals surface area contributed by atoms with Crippen molar-refractivity contribution in [2.45, 2.75) is 70.3 Å². The third-order valence-corrected chi connectivity index (χ3v) is 5.71. The van der Waals surface area contributed by atoms with Gasteiger partial charge in [-0.25, -0.2) is 9.78 Å². The molecule has 3 amide bonds. The molecule has 0 fully saturated rings. The van der Waals surface area contributed by atoms with Crippen LogP contribution in [0.4, 0.5) is 4.79 Å². The minimum absolute atomic E-state index is 0.0955. The van der Waals surface area contributed by atoms with Crippen LogP contribution in [0.25, 0.3) is 10.9 Å². The van der Waals surface area contributed by atoms with Gasteiger partial charge in [0.2, 0.25) is 5.91 Å². The van der Waals surface area contributed by atoms with Gasteiger partial charge in [-0.3, -0.25) is 19.5 Å². The van der Waals surface area contributed by atoms with Crippen LogP contribution in [-0.2, 0) is 11.3 Å². The molecule has 7 nitrogen and oxygen atoms in total. The lowest BCUT2D eigenvalue weighted by Crippen LogP contribution is -2.43. The topological polar surface area (TPSA) is 93.1 Å². The number of hydrogen-bond donors (Lipinski definition) is 2. The number of fused-ring (bicyclic) bond motifs is 1. The number of carbonyl (C=O) groups is 2. The van der Waals surface area contributed by atoms with Crippen LogP contribution in [0.2, 0.25) is 0 Å². The summed E-state index contributed by atoms with van der Waals surface area (Å²) in [6.07, 6.45) is 4.14. The van der Waals surface area contributed by atoms with Gasteiger partial charge in [0, 0.05) is 13.1 Å². The van der Waals surface area contributed by atoms with Gasteiger partial charge >= 0.3 is 6.03 Å². The van der Waals surface area contributed by atoms with E-state index in [0.29, 0.717) is 35.1 Å². The molecular formula is C22H32N4O3S. The van der Waals surface area contributed by atoms with E-state index in [4.69, 9.17) is 0 Å². The van der Waals surface area contributed by atoms with Crippen molar-refractivity contribution in [2.24, 2.45) is 5.92 Å². The van der Waals surface area contributed by atoms with E-state index in [-0.39, 0.29) is 5.56 Å². The molecule has 2 rings (SSSR count). The van der Waals surface area contributed by atoms with Gasteiger partial charge in [0.1, 0.15) is 0 Å². The van der Waals surface area contributed by atoms with Crippen LogP contribution >= 0.6 is 11.8 Å². The number of imide groups is 1. The molecule has 0 saturated heterocycles. The summed E-state index contributed by atoms with van der Waals surface area (Å²) in [5.41, 5.74) is 0.513. The largest absolute Gasteiger partial charge is 0.338 e. The molecule has 0 aliphatic heterocycles. The highest BCUT2D eigenvalue weighted by molar-refractivity contribution is 8.00. The summed E-state index contributed by atoms with van der Waals surface area (Å²) in [6, 6.07) is 6.73. The van der Waals surface area contributed by atoms with Crippen molar-refractivity contribution in [3.05, 3.63) is 34.6 Å². The van der Waals surface area contributed by atoms with E-state index in [1.807, 2.05) is 26.0 Å². The number of rotatable bonds is 10. The van der Waals surface area contributed by atoms with Crippen LogP contribution in [0.5, 0.6) is 0 Å². The maximum atomic E-state index is 13.0. The lowest BCUT2D eigenvalue weighted by atomic mass is 10.2. The SMILES string of the molecule is CCCCCCn1c(SC(C)C(=O)NC(=O)NCC(C)C)nc2ccccc2c1=O. The van der Waals surface area contributed by atoms with Gasteiger partial charge in [-0.05, 0) is 31.4 Å². The first-order valence-electron chi connectivity index (χ1n) is 10.6. The summed E-state index contributed by atoms with van der Waals surface area (Å²) in [7, 11) is 0. The fourth-order valence-electron chi connectivity index (χ4n) is 2.90. The number of nitrogens with zero attached hydrogens (tertiary/aromatic N) is 2. The normalized spacial score (nSPS) is 12.2. The fraction of sp³-hybridized carbons (Fsp3) is 0.545. The molecule has 1 aromatic carbocycles. The predicted molar refractivity (Wildman–Crippen MR) is 122 cm³/mol. The molecule has 1 aromatic heterocycles. The average Bonchev–Trinajstić information content (AvgIpc) is 2.71. The Morgan fingerprint density at radius 3 is 2.57 bits per heavy atom. The minimum Gasteiger partial charge on any atom is -0.338 e. The first-order valence-corrected chi connectivity index (χ1v) is 11.5. The maximum absolute atomic E-state index is 13.0. The van der Waals surface area contributed by atoms with Gasteiger partial charge in [0.05, 0.1) is 16.2 Å². The van der Waals surface area contributed by atoms with Gasteiger partial charge in [-0.1, -0.05) is 63.9 Å². The van der Waals surface area contributed by atoms with Crippen molar-refractivity contribution in [2.75, 3.05) is 6.54 Å². The third kappa shape index (κ3) is 6.86. The Hall–Kier alpha value is -2.35. The molecule has 0 aliphatic rings. The van der Waals surface area contributed by atoms with Gasteiger partial charge < -0.3 is 5.32 Å². The highest BCUT2D eigenvalue weighted by atomic mass is 32.2. The Morgan fingerprint density at radius 2 is 1.87 bits per heavy atom. The van der Waals surface area contributed by atoms with E-state index in [1.54, 1.807) is 23.6 Å². The van der Waals surface area contributed by atoms with Crippen molar-refractivity contribution < 1.29 is 9.59 Å². The molecular weight excluding hydrogens is 400 g/mol. The van der Waals surface area contributed by atoms with E-state index in [0.717, 1.165) is 25.7 Å². The Bertz CT molecular complexity index is 926. The number of amides is 3. The van der Waals surface area contributed by atoms with Gasteiger partial charge in [-0.2, -0.15) is 0 Å². The molecule has 1 atom stereocenters. The first kappa shape index (κ1) is 23.9. The van der Waals surface area contributed by atoms with Crippen molar-refractivity contribution in [1.29, 1.82) is 0 Å². The molecule has 0 bridgehead atoms. The summed E-state index contributed by atoms with van der Waals surface area (Å²) in [6.45, 7) is 8.85. The molecule has 8 heteroatoms. The number of aromatic nitrogens is 2. The second-order valence-electron chi connectivity index (χ2n) is 7.78. The van der Waals surface area contributed by atoms with E-state index >= 15 is 0 Å². The Morgan fingerprint density at radius 1 is 1.13 bits per heavy atom. The first-order chi connectivity index (χ1) is 14.3. The number of nitrogens with one attached hydrogen (secondary N) is 2. The Balaban J connectivity index is 2.18. The molecule has 0 aliphatic carbocycles. The summed E-state index contributed by atoms with van der Waals surface area (Å²) in [5.74, 6) is -0.122. The third-order valence-electron chi connectivity index (χ3n) is 4.62. The molecule has 164 valence electrons. The number of urea groups is 1.